The summed E-state index contributed by atoms with van der Waals surface area (Å²) in [5.74, 6) is 0. The lowest BCUT2D eigenvalue weighted by Crippen LogP contribution is -2.22. The van der Waals surface area contributed by atoms with E-state index < -0.39 is 0 Å². The molecule has 18 heavy (non-hydrogen) atoms. The highest BCUT2D eigenvalue weighted by molar-refractivity contribution is 7.98. The zero-order valence-electron chi connectivity index (χ0n) is 10.2. The number of hydrogen-bond acceptors (Lipinski definition) is 3. The SMILES string of the molecule is O=c1c2ccccc2cnn1SC1CCCCC1. The van der Waals surface area contributed by atoms with Gasteiger partial charge in [-0.2, -0.15) is 9.19 Å². The topological polar surface area (TPSA) is 34.9 Å². The van der Waals surface area contributed by atoms with Gasteiger partial charge in [-0.25, -0.2) is 0 Å². The van der Waals surface area contributed by atoms with Crippen molar-refractivity contribution in [3.8, 4) is 0 Å². The van der Waals surface area contributed by atoms with Crippen molar-refractivity contribution in [2.45, 2.75) is 37.4 Å². The third-order valence-corrected chi connectivity index (χ3v) is 4.70. The molecule has 3 nitrogen and oxygen atoms in total. The van der Waals surface area contributed by atoms with Gasteiger partial charge < -0.3 is 0 Å². The van der Waals surface area contributed by atoms with Gasteiger partial charge in [0.2, 0.25) is 0 Å². The number of rotatable bonds is 2. The molecule has 1 saturated carbocycles. The van der Waals surface area contributed by atoms with E-state index >= 15 is 0 Å². The fourth-order valence-electron chi connectivity index (χ4n) is 2.46. The minimum Gasteiger partial charge on any atom is -0.266 e. The fraction of sp³-hybridized carbons (Fsp3) is 0.429. The molecule has 0 atom stereocenters. The molecule has 0 radical (unpaired) electrons. The van der Waals surface area contributed by atoms with Gasteiger partial charge in [0.15, 0.2) is 0 Å². The second-order valence-corrected chi connectivity index (χ2v) is 6.00. The molecule has 1 fully saturated rings. The standard InChI is InChI=1S/C14H16N2OS/c17-14-13-9-5-4-6-11(13)10-15-16(14)18-12-7-2-1-3-8-12/h4-6,9-10,12H,1-3,7-8H2. The largest absolute Gasteiger partial charge is 0.285 e. The summed E-state index contributed by atoms with van der Waals surface area (Å²) >= 11 is 1.60. The first-order valence-corrected chi connectivity index (χ1v) is 7.32. The maximum Gasteiger partial charge on any atom is 0.285 e. The Labute approximate surface area is 110 Å². The van der Waals surface area contributed by atoms with E-state index in [2.05, 4.69) is 5.10 Å². The quantitative estimate of drug-likeness (QED) is 0.831. The van der Waals surface area contributed by atoms with Crippen LogP contribution in [0.5, 0.6) is 0 Å². The summed E-state index contributed by atoms with van der Waals surface area (Å²) in [6.07, 6.45) is 8.07. The van der Waals surface area contributed by atoms with E-state index in [1.807, 2.05) is 24.3 Å². The third-order valence-electron chi connectivity index (χ3n) is 3.47. The van der Waals surface area contributed by atoms with Crippen molar-refractivity contribution in [2.24, 2.45) is 0 Å². The zero-order chi connectivity index (χ0) is 12.4. The lowest BCUT2D eigenvalue weighted by Gasteiger charge is -2.20. The highest BCUT2D eigenvalue weighted by Crippen LogP contribution is 2.28. The summed E-state index contributed by atoms with van der Waals surface area (Å²) in [6, 6.07) is 7.64. The molecule has 94 valence electrons. The molecule has 0 saturated heterocycles. The second-order valence-electron chi connectivity index (χ2n) is 4.78. The predicted octanol–water partition coefficient (Wildman–Crippen LogP) is 3.23. The predicted molar refractivity (Wildman–Crippen MR) is 75.9 cm³/mol. The molecule has 1 aliphatic carbocycles. The van der Waals surface area contributed by atoms with Crippen LogP contribution >= 0.6 is 11.9 Å². The molecule has 3 rings (SSSR count). The molecule has 0 aliphatic heterocycles. The van der Waals surface area contributed by atoms with Crippen LogP contribution in [0.1, 0.15) is 32.1 Å². The van der Waals surface area contributed by atoms with E-state index in [0.717, 1.165) is 10.8 Å². The average molecular weight is 260 g/mol. The summed E-state index contributed by atoms with van der Waals surface area (Å²) in [7, 11) is 0. The molecular weight excluding hydrogens is 244 g/mol. The number of aromatic nitrogens is 2. The summed E-state index contributed by atoms with van der Waals surface area (Å²) in [5, 5.41) is 6.49. The van der Waals surface area contributed by atoms with Crippen LogP contribution in [0.4, 0.5) is 0 Å². The van der Waals surface area contributed by atoms with Crippen LogP contribution in [0, 0.1) is 0 Å². The molecular formula is C14H16N2OS. The van der Waals surface area contributed by atoms with E-state index in [4.69, 9.17) is 0 Å². The highest BCUT2D eigenvalue weighted by atomic mass is 32.2. The van der Waals surface area contributed by atoms with Crippen LogP contribution < -0.4 is 5.56 Å². The first kappa shape index (κ1) is 11.8. The van der Waals surface area contributed by atoms with Crippen molar-refractivity contribution >= 4 is 22.7 Å². The van der Waals surface area contributed by atoms with E-state index in [0.29, 0.717) is 5.25 Å². The van der Waals surface area contributed by atoms with Crippen molar-refractivity contribution in [1.29, 1.82) is 0 Å². The number of hydrogen-bond donors (Lipinski definition) is 0. The molecule has 1 aromatic carbocycles. The Balaban J connectivity index is 1.92. The summed E-state index contributed by atoms with van der Waals surface area (Å²) in [4.78, 5) is 12.3. The van der Waals surface area contributed by atoms with Crippen molar-refractivity contribution in [3.63, 3.8) is 0 Å². The molecule has 0 amide bonds. The van der Waals surface area contributed by atoms with Crippen molar-refractivity contribution < 1.29 is 0 Å². The second kappa shape index (κ2) is 5.14. The van der Waals surface area contributed by atoms with E-state index in [1.54, 1.807) is 22.2 Å². The Kier molecular flexibility index (Phi) is 3.37. The minimum atomic E-state index is 0.0173. The molecule has 4 heteroatoms. The minimum absolute atomic E-state index is 0.0173. The summed E-state index contributed by atoms with van der Waals surface area (Å²) in [5.41, 5.74) is 0.0173. The van der Waals surface area contributed by atoms with Crippen molar-refractivity contribution in [3.05, 3.63) is 40.8 Å². The Bertz CT molecular complexity index is 602. The van der Waals surface area contributed by atoms with Gasteiger partial charge in [0.05, 0.1) is 11.6 Å². The Hall–Kier alpha value is -1.29. The third kappa shape index (κ3) is 2.29. The Morgan fingerprint density at radius 3 is 2.78 bits per heavy atom. The van der Waals surface area contributed by atoms with Gasteiger partial charge >= 0.3 is 0 Å². The van der Waals surface area contributed by atoms with Crippen LogP contribution in [-0.4, -0.2) is 14.4 Å². The lowest BCUT2D eigenvalue weighted by atomic mass is 10.0. The van der Waals surface area contributed by atoms with Crippen LogP contribution in [0.3, 0.4) is 0 Å². The molecule has 0 bridgehead atoms. The van der Waals surface area contributed by atoms with Crippen molar-refractivity contribution in [1.82, 2.24) is 9.19 Å². The first-order valence-electron chi connectivity index (χ1n) is 6.49. The fourth-order valence-corrected chi connectivity index (χ4v) is 3.58. The van der Waals surface area contributed by atoms with Crippen LogP contribution in [0.25, 0.3) is 10.8 Å². The molecule has 1 aliphatic rings. The summed E-state index contributed by atoms with van der Waals surface area (Å²) in [6.45, 7) is 0. The van der Waals surface area contributed by atoms with Gasteiger partial charge in [-0.15, -0.1) is 0 Å². The number of nitrogens with zero attached hydrogens (tertiary/aromatic N) is 2. The smallest absolute Gasteiger partial charge is 0.266 e. The molecule has 0 unspecified atom stereocenters. The van der Waals surface area contributed by atoms with Gasteiger partial charge in [-0.05, 0) is 30.9 Å². The summed E-state index contributed by atoms with van der Waals surface area (Å²) < 4.78 is 1.57. The van der Waals surface area contributed by atoms with Crippen molar-refractivity contribution in [2.75, 3.05) is 0 Å². The Morgan fingerprint density at radius 1 is 1.17 bits per heavy atom. The van der Waals surface area contributed by atoms with E-state index in [9.17, 15) is 4.79 Å². The molecule has 0 spiro atoms. The first-order chi connectivity index (χ1) is 8.84. The molecule has 2 aromatic rings. The van der Waals surface area contributed by atoms with Crippen LogP contribution in [0.15, 0.2) is 35.3 Å². The normalized spacial score (nSPS) is 17.1. The Morgan fingerprint density at radius 2 is 1.94 bits per heavy atom. The molecule has 1 heterocycles. The van der Waals surface area contributed by atoms with Gasteiger partial charge in [0.25, 0.3) is 5.56 Å². The number of benzene rings is 1. The van der Waals surface area contributed by atoms with Crippen LogP contribution in [0.2, 0.25) is 0 Å². The van der Waals surface area contributed by atoms with Gasteiger partial charge in [0.1, 0.15) is 0 Å². The van der Waals surface area contributed by atoms with Crippen LogP contribution in [-0.2, 0) is 0 Å². The van der Waals surface area contributed by atoms with E-state index in [1.165, 1.54) is 32.1 Å². The monoisotopic (exact) mass is 260 g/mol. The maximum atomic E-state index is 12.3. The lowest BCUT2D eigenvalue weighted by molar-refractivity contribution is 0.514. The van der Waals surface area contributed by atoms with Gasteiger partial charge in [0, 0.05) is 10.6 Å². The number of fused-ring (bicyclic) bond motifs is 1. The molecule has 0 N–H and O–H groups in total. The zero-order valence-corrected chi connectivity index (χ0v) is 11.0. The average Bonchev–Trinajstić information content (AvgIpc) is 2.43. The molecule has 1 aromatic heterocycles. The van der Waals surface area contributed by atoms with Gasteiger partial charge in [-0.3, -0.25) is 4.79 Å². The van der Waals surface area contributed by atoms with E-state index in [-0.39, 0.29) is 5.56 Å². The highest BCUT2D eigenvalue weighted by Gasteiger charge is 2.16. The van der Waals surface area contributed by atoms with Gasteiger partial charge in [-0.1, -0.05) is 37.5 Å². The maximum absolute atomic E-state index is 12.3.